The number of rotatable bonds is 10. The zero-order valence-electron chi connectivity index (χ0n) is 24.5. The molecule has 4 N–H and O–H groups in total. The molecular weight excluding hydrogens is 541 g/mol. The lowest BCUT2D eigenvalue weighted by atomic mass is 10.0. The summed E-state index contributed by atoms with van der Waals surface area (Å²) in [5.41, 5.74) is 8.47. The Balaban J connectivity index is 1.35. The normalized spacial score (nSPS) is 11.5. The molecule has 0 spiro atoms. The van der Waals surface area contributed by atoms with Gasteiger partial charge in [0.25, 0.3) is 0 Å². The van der Waals surface area contributed by atoms with Gasteiger partial charge in [0.2, 0.25) is 5.91 Å². The van der Waals surface area contributed by atoms with Gasteiger partial charge in [-0.2, -0.15) is 5.10 Å². The minimum atomic E-state index is -0.285. The monoisotopic (exact) mass is 575 g/mol. The van der Waals surface area contributed by atoms with Crippen molar-refractivity contribution < 1.29 is 9.18 Å². The van der Waals surface area contributed by atoms with Gasteiger partial charge in [0.15, 0.2) is 0 Å². The molecule has 6 aromatic rings. The number of aromatic nitrogens is 4. The third kappa shape index (κ3) is 6.12. The van der Waals surface area contributed by atoms with Gasteiger partial charge in [-0.15, -0.1) is 0 Å². The first kappa shape index (κ1) is 28.1. The van der Waals surface area contributed by atoms with Crippen LogP contribution < -0.4 is 10.6 Å². The number of benzene rings is 3. The summed E-state index contributed by atoms with van der Waals surface area (Å²) in [5.74, 6) is -0.311. The molecular formula is C34H34FN7O. The van der Waals surface area contributed by atoms with Crippen molar-refractivity contribution in [3.8, 4) is 33.6 Å². The fourth-order valence-electron chi connectivity index (χ4n) is 5.32. The molecule has 43 heavy (non-hydrogen) atoms. The van der Waals surface area contributed by atoms with Gasteiger partial charge >= 0.3 is 0 Å². The lowest BCUT2D eigenvalue weighted by molar-refractivity contribution is -0.116. The number of likely N-dealkylation sites (N-methyl/N-ethyl adjacent to an activating group) is 1. The van der Waals surface area contributed by atoms with Crippen LogP contribution in [0.3, 0.4) is 0 Å². The van der Waals surface area contributed by atoms with Crippen molar-refractivity contribution in [2.75, 3.05) is 37.8 Å². The van der Waals surface area contributed by atoms with E-state index >= 15 is 0 Å². The lowest BCUT2D eigenvalue weighted by Gasteiger charge is -2.13. The summed E-state index contributed by atoms with van der Waals surface area (Å²) in [6, 6.07) is 21.2. The van der Waals surface area contributed by atoms with Crippen molar-refractivity contribution in [3.63, 3.8) is 0 Å². The maximum atomic E-state index is 14.7. The predicted octanol–water partition coefficient (Wildman–Crippen LogP) is 7.29. The van der Waals surface area contributed by atoms with E-state index in [1.807, 2.05) is 63.5 Å². The number of pyridine rings is 1. The number of nitrogens with one attached hydrogen (secondary N) is 4. The van der Waals surface area contributed by atoms with Crippen molar-refractivity contribution in [3.05, 3.63) is 84.9 Å². The first-order valence-corrected chi connectivity index (χ1v) is 14.4. The molecule has 1 amide bonds. The molecule has 0 saturated carbocycles. The minimum Gasteiger partial charge on any atom is -0.384 e. The second-order valence-electron chi connectivity index (χ2n) is 11.0. The van der Waals surface area contributed by atoms with Crippen LogP contribution in [-0.2, 0) is 4.79 Å². The SMILES string of the molecule is CCCC(=O)Nc1cncc(-c2ccc3[nH]nc(-c4cc5c(-c6cc(F)cc(NCCN(C)C)c6)cccc5[nH]4)c3c2)c1. The number of amides is 1. The van der Waals surface area contributed by atoms with E-state index in [2.05, 4.69) is 47.8 Å². The van der Waals surface area contributed by atoms with Crippen molar-refractivity contribution in [2.45, 2.75) is 19.8 Å². The maximum Gasteiger partial charge on any atom is 0.224 e. The van der Waals surface area contributed by atoms with Crippen LogP contribution in [0.1, 0.15) is 19.8 Å². The van der Waals surface area contributed by atoms with Crippen LogP contribution in [0.25, 0.3) is 55.4 Å². The number of hydrogen-bond acceptors (Lipinski definition) is 5. The highest BCUT2D eigenvalue weighted by molar-refractivity contribution is 6.02. The molecule has 0 saturated heterocycles. The standard InChI is InChI=1S/C34H34FN7O/c1-4-6-33(43)38-26-15-23(19-36-20-26)21-9-10-31-29(16-21)34(41-40-31)32-18-28-27(7-5-8-30(28)39-32)22-13-24(35)17-25(14-22)37-11-12-42(2)3/h5,7-10,13-20,37,39H,4,6,11-12H2,1-3H3,(H,38,43)(H,40,41). The van der Waals surface area contributed by atoms with Crippen LogP contribution in [0.4, 0.5) is 15.8 Å². The number of hydrogen-bond donors (Lipinski definition) is 4. The Labute approximate surface area is 249 Å². The number of halogens is 1. The van der Waals surface area contributed by atoms with Gasteiger partial charge in [0.1, 0.15) is 11.5 Å². The van der Waals surface area contributed by atoms with Crippen LogP contribution in [0, 0.1) is 5.82 Å². The first-order chi connectivity index (χ1) is 20.9. The molecule has 0 aliphatic carbocycles. The molecule has 0 fully saturated rings. The van der Waals surface area contributed by atoms with Gasteiger partial charge in [-0.1, -0.05) is 25.1 Å². The van der Waals surface area contributed by atoms with Crippen LogP contribution in [0.2, 0.25) is 0 Å². The van der Waals surface area contributed by atoms with Gasteiger partial charge in [-0.3, -0.25) is 14.9 Å². The topological polar surface area (TPSA) is 102 Å². The zero-order valence-corrected chi connectivity index (χ0v) is 24.5. The van der Waals surface area contributed by atoms with E-state index in [-0.39, 0.29) is 11.7 Å². The smallest absolute Gasteiger partial charge is 0.224 e. The maximum absolute atomic E-state index is 14.7. The Hall–Kier alpha value is -5.02. The lowest BCUT2D eigenvalue weighted by Crippen LogP contribution is -2.20. The Morgan fingerprint density at radius 1 is 0.907 bits per heavy atom. The van der Waals surface area contributed by atoms with Gasteiger partial charge < -0.3 is 20.5 Å². The molecule has 3 aromatic carbocycles. The summed E-state index contributed by atoms with van der Waals surface area (Å²) in [6.45, 7) is 3.54. The third-order valence-corrected chi connectivity index (χ3v) is 7.41. The van der Waals surface area contributed by atoms with E-state index in [9.17, 15) is 9.18 Å². The summed E-state index contributed by atoms with van der Waals surface area (Å²) in [6.07, 6.45) is 4.69. The Kier molecular flexibility index (Phi) is 7.89. The van der Waals surface area contributed by atoms with Gasteiger partial charge in [0, 0.05) is 53.2 Å². The largest absolute Gasteiger partial charge is 0.384 e. The number of nitrogens with zero attached hydrogens (tertiary/aromatic N) is 3. The minimum absolute atomic E-state index is 0.0257. The van der Waals surface area contributed by atoms with E-state index < -0.39 is 0 Å². The second-order valence-corrected chi connectivity index (χ2v) is 11.0. The third-order valence-electron chi connectivity index (χ3n) is 7.41. The molecule has 0 unspecified atom stereocenters. The summed E-state index contributed by atoms with van der Waals surface area (Å²) in [5, 5.41) is 16.0. The predicted molar refractivity (Wildman–Crippen MR) is 173 cm³/mol. The molecule has 218 valence electrons. The van der Waals surface area contributed by atoms with E-state index in [1.54, 1.807) is 18.5 Å². The Bertz CT molecular complexity index is 1920. The summed E-state index contributed by atoms with van der Waals surface area (Å²) >= 11 is 0. The first-order valence-electron chi connectivity index (χ1n) is 14.4. The van der Waals surface area contributed by atoms with Crippen molar-refractivity contribution in [2.24, 2.45) is 0 Å². The Morgan fingerprint density at radius 3 is 2.60 bits per heavy atom. The van der Waals surface area contributed by atoms with Crippen LogP contribution in [0.5, 0.6) is 0 Å². The molecule has 0 bridgehead atoms. The molecule has 0 radical (unpaired) electrons. The fourth-order valence-corrected chi connectivity index (χ4v) is 5.32. The fraction of sp³-hybridized carbons (Fsp3) is 0.206. The van der Waals surface area contributed by atoms with Crippen LogP contribution in [0.15, 0.2) is 79.1 Å². The van der Waals surface area contributed by atoms with Crippen molar-refractivity contribution in [1.29, 1.82) is 0 Å². The quantitative estimate of drug-likeness (QED) is 0.137. The van der Waals surface area contributed by atoms with E-state index in [0.717, 1.165) is 80.6 Å². The average molecular weight is 576 g/mol. The number of aromatic amines is 2. The number of fused-ring (bicyclic) bond motifs is 2. The highest BCUT2D eigenvalue weighted by Crippen LogP contribution is 2.36. The molecule has 6 rings (SSSR count). The molecule has 0 atom stereocenters. The van der Waals surface area contributed by atoms with Gasteiger partial charge in [0.05, 0.1) is 23.1 Å². The Morgan fingerprint density at radius 2 is 1.77 bits per heavy atom. The highest BCUT2D eigenvalue weighted by atomic mass is 19.1. The summed E-state index contributed by atoms with van der Waals surface area (Å²) < 4.78 is 14.7. The zero-order chi connectivity index (χ0) is 29.9. The molecule has 0 aliphatic rings. The molecule has 9 heteroatoms. The van der Waals surface area contributed by atoms with E-state index in [4.69, 9.17) is 0 Å². The van der Waals surface area contributed by atoms with Crippen molar-refractivity contribution >= 4 is 39.1 Å². The summed E-state index contributed by atoms with van der Waals surface area (Å²) in [7, 11) is 4.02. The molecule has 0 aliphatic heterocycles. The molecule has 3 aromatic heterocycles. The van der Waals surface area contributed by atoms with Crippen molar-refractivity contribution in [1.82, 2.24) is 25.1 Å². The molecule has 3 heterocycles. The highest BCUT2D eigenvalue weighted by Gasteiger charge is 2.15. The van der Waals surface area contributed by atoms with Crippen LogP contribution in [-0.4, -0.2) is 58.2 Å². The summed E-state index contributed by atoms with van der Waals surface area (Å²) in [4.78, 5) is 22.1. The molecule has 8 nitrogen and oxygen atoms in total. The van der Waals surface area contributed by atoms with Gasteiger partial charge in [-0.25, -0.2) is 4.39 Å². The second kappa shape index (κ2) is 12.1. The van der Waals surface area contributed by atoms with Crippen LogP contribution >= 0.6 is 0 Å². The number of carbonyl (C=O) groups excluding carboxylic acids is 1. The van der Waals surface area contributed by atoms with E-state index in [1.165, 1.54) is 6.07 Å². The van der Waals surface area contributed by atoms with E-state index in [0.29, 0.717) is 12.1 Å². The number of carbonyl (C=O) groups is 1. The van der Waals surface area contributed by atoms with Gasteiger partial charge in [-0.05, 0) is 85.7 Å². The number of anilines is 2. The number of H-pyrrole nitrogens is 2. The average Bonchev–Trinajstić information content (AvgIpc) is 3.60.